The molecular weight excluding hydrogens is 350 g/mol. The number of hydroxylamine groups is 2. The third kappa shape index (κ3) is 3.08. The molecule has 0 radical (unpaired) electrons. The lowest BCUT2D eigenvalue weighted by Gasteiger charge is -2.12. The highest BCUT2D eigenvalue weighted by Gasteiger charge is 2.33. The van der Waals surface area contributed by atoms with Crippen LogP contribution in [-0.2, 0) is 14.4 Å². The van der Waals surface area contributed by atoms with Crippen LogP contribution in [0.25, 0.3) is 22.3 Å². The second kappa shape index (κ2) is 6.49. The fourth-order valence-corrected chi connectivity index (χ4v) is 2.81. The number of carbonyl (C=O) groups is 3. The number of nitrogens with one attached hydrogen (secondary N) is 1. The van der Waals surface area contributed by atoms with Gasteiger partial charge >= 0.3 is 5.97 Å². The van der Waals surface area contributed by atoms with Gasteiger partial charge in [-0.2, -0.15) is 0 Å². The Labute approximate surface area is 152 Å². The van der Waals surface area contributed by atoms with Gasteiger partial charge in [0.2, 0.25) is 0 Å². The maximum Gasteiger partial charge on any atom is 0.363 e. The second-order valence-electron chi connectivity index (χ2n) is 5.97. The summed E-state index contributed by atoms with van der Waals surface area (Å²) in [7, 11) is 0. The number of H-pyrrole nitrogens is 1. The van der Waals surface area contributed by atoms with Crippen LogP contribution < -0.4 is 5.56 Å². The molecule has 1 aliphatic heterocycles. The number of hydrogen-bond acceptors (Lipinski definition) is 6. The quantitative estimate of drug-likeness (QED) is 0.711. The molecule has 2 amide bonds. The van der Waals surface area contributed by atoms with Crippen molar-refractivity contribution in [2.75, 3.05) is 0 Å². The van der Waals surface area contributed by atoms with E-state index in [2.05, 4.69) is 9.97 Å². The molecule has 3 aromatic rings. The first-order valence-corrected chi connectivity index (χ1v) is 8.20. The van der Waals surface area contributed by atoms with E-state index in [1.54, 1.807) is 36.4 Å². The number of carbonyl (C=O) groups excluding carboxylic acids is 3. The highest BCUT2D eigenvalue weighted by molar-refractivity contribution is 6.02. The van der Waals surface area contributed by atoms with Crippen LogP contribution in [0.4, 0.5) is 0 Å². The molecule has 8 heteroatoms. The molecule has 1 aromatic heterocycles. The lowest BCUT2D eigenvalue weighted by molar-refractivity contribution is -0.172. The first-order chi connectivity index (χ1) is 13.0. The van der Waals surface area contributed by atoms with Crippen LogP contribution in [0.3, 0.4) is 0 Å². The standard InChI is InChI=1S/C19H13N3O5/c23-15-8-9-16(24)22(15)27-19(26)12-5-3-4-11(10-12)17-20-14-7-2-1-6-13(14)18(25)21-17/h1-7,10H,8-9H2,(H,20,21,25). The Balaban J connectivity index is 1.67. The minimum atomic E-state index is -0.844. The predicted octanol–water partition coefficient (Wildman–Crippen LogP) is 1.81. The lowest BCUT2D eigenvalue weighted by atomic mass is 10.1. The van der Waals surface area contributed by atoms with E-state index in [1.165, 1.54) is 12.1 Å². The minimum Gasteiger partial charge on any atom is -0.325 e. The third-order valence-corrected chi connectivity index (χ3v) is 4.16. The van der Waals surface area contributed by atoms with Crippen LogP contribution in [0.2, 0.25) is 0 Å². The number of para-hydroxylation sites is 1. The summed E-state index contributed by atoms with van der Waals surface area (Å²) in [4.78, 5) is 59.7. The average Bonchev–Trinajstić information content (AvgIpc) is 3.00. The molecule has 1 aliphatic rings. The van der Waals surface area contributed by atoms with Crippen LogP contribution in [-0.4, -0.2) is 32.8 Å². The molecule has 0 saturated carbocycles. The molecule has 1 fully saturated rings. The van der Waals surface area contributed by atoms with Gasteiger partial charge in [-0.1, -0.05) is 24.3 Å². The van der Waals surface area contributed by atoms with Crippen molar-refractivity contribution in [3.8, 4) is 11.4 Å². The zero-order valence-corrected chi connectivity index (χ0v) is 14.0. The summed E-state index contributed by atoms with van der Waals surface area (Å²) in [5, 5.41) is 0.952. The predicted molar refractivity (Wildman–Crippen MR) is 94.3 cm³/mol. The lowest BCUT2D eigenvalue weighted by Crippen LogP contribution is -2.32. The van der Waals surface area contributed by atoms with Gasteiger partial charge in [0.1, 0.15) is 5.82 Å². The van der Waals surface area contributed by atoms with Crippen molar-refractivity contribution < 1.29 is 19.2 Å². The number of fused-ring (bicyclic) bond motifs is 1. The number of amides is 2. The fourth-order valence-electron chi connectivity index (χ4n) is 2.81. The molecule has 0 bridgehead atoms. The van der Waals surface area contributed by atoms with Crippen molar-refractivity contribution in [2.24, 2.45) is 0 Å². The molecule has 4 rings (SSSR count). The highest BCUT2D eigenvalue weighted by Crippen LogP contribution is 2.20. The van der Waals surface area contributed by atoms with Crippen LogP contribution in [0.15, 0.2) is 53.3 Å². The largest absolute Gasteiger partial charge is 0.363 e. The highest BCUT2D eigenvalue weighted by atomic mass is 16.7. The number of aromatic nitrogens is 2. The molecule has 8 nitrogen and oxygen atoms in total. The van der Waals surface area contributed by atoms with Gasteiger partial charge in [0.15, 0.2) is 0 Å². The van der Waals surface area contributed by atoms with Gasteiger partial charge in [0.25, 0.3) is 17.4 Å². The van der Waals surface area contributed by atoms with Gasteiger partial charge in [0, 0.05) is 18.4 Å². The first kappa shape index (κ1) is 16.6. The number of benzene rings is 2. The van der Waals surface area contributed by atoms with E-state index in [0.29, 0.717) is 27.4 Å². The number of imide groups is 1. The topological polar surface area (TPSA) is 109 Å². The van der Waals surface area contributed by atoms with Crippen LogP contribution >= 0.6 is 0 Å². The van der Waals surface area contributed by atoms with E-state index in [4.69, 9.17) is 4.84 Å². The molecule has 0 atom stereocenters. The Kier molecular flexibility index (Phi) is 4.00. The monoisotopic (exact) mass is 363 g/mol. The molecule has 1 N–H and O–H groups in total. The summed E-state index contributed by atoms with van der Waals surface area (Å²) >= 11 is 0. The maximum absolute atomic E-state index is 12.3. The Morgan fingerprint density at radius 3 is 2.52 bits per heavy atom. The molecule has 27 heavy (non-hydrogen) atoms. The second-order valence-corrected chi connectivity index (χ2v) is 5.97. The molecule has 0 spiro atoms. The summed E-state index contributed by atoms with van der Waals surface area (Å²) in [5.41, 5.74) is 0.844. The normalized spacial score (nSPS) is 14.0. The molecule has 134 valence electrons. The minimum absolute atomic E-state index is 0.0222. The van der Waals surface area contributed by atoms with Crippen LogP contribution in [0, 0.1) is 0 Å². The van der Waals surface area contributed by atoms with Gasteiger partial charge in [0.05, 0.1) is 16.5 Å². The van der Waals surface area contributed by atoms with Gasteiger partial charge in [-0.25, -0.2) is 9.78 Å². The maximum atomic E-state index is 12.3. The summed E-state index contributed by atoms with van der Waals surface area (Å²) in [5.74, 6) is -1.65. The zero-order valence-electron chi connectivity index (χ0n) is 14.0. The van der Waals surface area contributed by atoms with Gasteiger partial charge < -0.3 is 9.82 Å². The molecule has 0 unspecified atom stereocenters. The van der Waals surface area contributed by atoms with Gasteiger partial charge in [-0.3, -0.25) is 14.4 Å². The van der Waals surface area contributed by atoms with Crippen molar-refractivity contribution in [1.29, 1.82) is 0 Å². The molecule has 2 aromatic carbocycles. The average molecular weight is 363 g/mol. The molecular formula is C19H13N3O5. The summed E-state index contributed by atoms with van der Waals surface area (Å²) in [6.07, 6.45) is 0.0444. The fraction of sp³-hybridized carbons (Fsp3) is 0.105. The van der Waals surface area contributed by atoms with Crippen molar-refractivity contribution in [2.45, 2.75) is 12.8 Å². The summed E-state index contributed by atoms with van der Waals surface area (Å²) < 4.78 is 0. The Morgan fingerprint density at radius 2 is 1.74 bits per heavy atom. The van der Waals surface area contributed by atoms with Crippen molar-refractivity contribution in [3.05, 3.63) is 64.4 Å². The van der Waals surface area contributed by atoms with E-state index in [-0.39, 0.29) is 24.0 Å². The van der Waals surface area contributed by atoms with Crippen LogP contribution in [0.1, 0.15) is 23.2 Å². The SMILES string of the molecule is O=C(ON1C(=O)CCC1=O)c1cccc(-c2nc3ccccc3c(=O)[nH]2)c1. The van der Waals surface area contributed by atoms with E-state index >= 15 is 0 Å². The van der Waals surface area contributed by atoms with Gasteiger partial charge in [-0.05, 0) is 24.3 Å². The van der Waals surface area contributed by atoms with E-state index < -0.39 is 17.8 Å². The van der Waals surface area contributed by atoms with E-state index in [9.17, 15) is 19.2 Å². The third-order valence-electron chi connectivity index (χ3n) is 4.16. The summed E-state index contributed by atoms with van der Waals surface area (Å²) in [6.45, 7) is 0. The molecule has 2 heterocycles. The number of nitrogens with zero attached hydrogens (tertiary/aromatic N) is 2. The first-order valence-electron chi connectivity index (χ1n) is 8.20. The molecule has 0 aliphatic carbocycles. The molecule has 1 saturated heterocycles. The number of rotatable bonds is 3. The van der Waals surface area contributed by atoms with E-state index in [1.807, 2.05) is 0 Å². The zero-order chi connectivity index (χ0) is 19.0. The smallest absolute Gasteiger partial charge is 0.325 e. The Morgan fingerprint density at radius 1 is 1.00 bits per heavy atom. The van der Waals surface area contributed by atoms with Crippen molar-refractivity contribution >= 4 is 28.7 Å². The van der Waals surface area contributed by atoms with Crippen LogP contribution in [0.5, 0.6) is 0 Å². The van der Waals surface area contributed by atoms with E-state index in [0.717, 1.165) is 0 Å². The van der Waals surface area contributed by atoms with Crippen molar-refractivity contribution in [1.82, 2.24) is 15.0 Å². The summed E-state index contributed by atoms with van der Waals surface area (Å²) in [6, 6.07) is 13.1. The van der Waals surface area contributed by atoms with Crippen molar-refractivity contribution in [3.63, 3.8) is 0 Å². The number of hydrogen-bond donors (Lipinski definition) is 1. The number of aromatic amines is 1. The Hall–Kier alpha value is -3.81. The Bertz CT molecular complexity index is 1140. The van der Waals surface area contributed by atoms with Gasteiger partial charge in [-0.15, -0.1) is 5.06 Å².